The van der Waals surface area contributed by atoms with Crippen LogP contribution in [0.15, 0.2) is 24.3 Å². The fraction of sp³-hybridized carbons (Fsp3) is 0.647. The maximum atomic E-state index is 5.59. The van der Waals surface area contributed by atoms with Crippen LogP contribution in [0.3, 0.4) is 0 Å². The van der Waals surface area contributed by atoms with Crippen molar-refractivity contribution in [1.82, 2.24) is 5.32 Å². The van der Waals surface area contributed by atoms with Gasteiger partial charge in [0.05, 0.1) is 6.61 Å². The average Bonchev–Trinajstić information content (AvgIpc) is 2.35. The first-order valence-electron chi connectivity index (χ1n) is 7.37. The smallest absolute Gasteiger partial charge is 0.119 e. The van der Waals surface area contributed by atoms with Gasteiger partial charge in [0.25, 0.3) is 0 Å². The van der Waals surface area contributed by atoms with Gasteiger partial charge >= 0.3 is 0 Å². The van der Waals surface area contributed by atoms with Gasteiger partial charge in [0.2, 0.25) is 0 Å². The van der Waals surface area contributed by atoms with Crippen LogP contribution in [0.1, 0.15) is 46.6 Å². The predicted octanol–water partition coefficient (Wildman–Crippen LogP) is 4.04. The van der Waals surface area contributed by atoms with Gasteiger partial charge in [-0.2, -0.15) is 0 Å². The van der Waals surface area contributed by atoms with Crippen molar-refractivity contribution in [3.63, 3.8) is 0 Å². The van der Waals surface area contributed by atoms with Crippen molar-refractivity contribution in [2.75, 3.05) is 13.2 Å². The maximum absolute atomic E-state index is 5.59. The van der Waals surface area contributed by atoms with Gasteiger partial charge in [0.15, 0.2) is 0 Å². The molecule has 0 aromatic heterocycles. The second-order valence-electron chi connectivity index (χ2n) is 6.43. The molecular weight excluding hydrogens is 234 g/mol. The van der Waals surface area contributed by atoms with Crippen LogP contribution in [0, 0.1) is 5.92 Å². The standard InChI is InChI=1S/C17H29NO/c1-6-11-19-16-9-7-15(8-10-16)12-14(2)13-18-17(3,4)5/h7-10,14,18H,6,11-13H2,1-5H3. The molecule has 1 rings (SSSR count). The number of ether oxygens (including phenoxy) is 1. The summed E-state index contributed by atoms with van der Waals surface area (Å²) in [7, 11) is 0. The number of hydrogen-bond acceptors (Lipinski definition) is 2. The molecule has 2 heteroatoms. The van der Waals surface area contributed by atoms with E-state index in [1.54, 1.807) is 0 Å². The molecule has 19 heavy (non-hydrogen) atoms. The van der Waals surface area contributed by atoms with Crippen LogP contribution in [-0.4, -0.2) is 18.7 Å². The summed E-state index contributed by atoms with van der Waals surface area (Å²) < 4.78 is 5.59. The molecule has 0 spiro atoms. The molecule has 1 aromatic rings. The Hall–Kier alpha value is -1.02. The first-order valence-corrected chi connectivity index (χ1v) is 7.37. The van der Waals surface area contributed by atoms with Crippen LogP contribution in [0.2, 0.25) is 0 Å². The van der Waals surface area contributed by atoms with Crippen LogP contribution in [-0.2, 0) is 6.42 Å². The molecule has 1 aromatic carbocycles. The summed E-state index contributed by atoms with van der Waals surface area (Å²) >= 11 is 0. The largest absolute Gasteiger partial charge is 0.494 e. The van der Waals surface area contributed by atoms with Gasteiger partial charge in [-0.25, -0.2) is 0 Å². The zero-order chi connectivity index (χ0) is 14.3. The van der Waals surface area contributed by atoms with Gasteiger partial charge in [0, 0.05) is 5.54 Å². The SMILES string of the molecule is CCCOc1ccc(CC(C)CNC(C)(C)C)cc1. The topological polar surface area (TPSA) is 21.3 Å². The van der Waals surface area contributed by atoms with E-state index in [4.69, 9.17) is 4.74 Å². The Morgan fingerprint density at radius 1 is 1.16 bits per heavy atom. The van der Waals surface area contributed by atoms with Crippen molar-refractivity contribution in [2.24, 2.45) is 5.92 Å². The van der Waals surface area contributed by atoms with E-state index in [0.29, 0.717) is 5.92 Å². The average molecular weight is 263 g/mol. The molecule has 1 atom stereocenters. The molecule has 1 unspecified atom stereocenters. The van der Waals surface area contributed by atoms with Crippen LogP contribution >= 0.6 is 0 Å². The Balaban J connectivity index is 2.40. The monoisotopic (exact) mass is 263 g/mol. The van der Waals surface area contributed by atoms with Crippen LogP contribution in [0.25, 0.3) is 0 Å². The Kier molecular flexibility index (Phi) is 6.36. The highest BCUT2D eigenvalue weighted by atomic mass is 16.5. The summed E-state index contributed by atoms with van der Waals surface area (Å²) in [6, 6.07) is 8.51. The first-order chi connectivity index (χ1) is 8.90. The second kappa shape index (κ2) is 7.54. The van der Waals surface area contributed by atoms with Gasteiger partial charge < -0.3 is 10.1 Å². The molecule has 0 amide bonds. The summed E-state index contributed by atoms with van der Waals surface area (Å²) in [4.78, 5) is 0. The molecule has 0 saturated heterocycles. The van der Waals surface area contributed by atoms with E-state index in [9.17, 15) is 0 Å². The Morgan fingerprint density at radius 3 is 2.32 bits per heavy atom. The molecular formula is C17H29NO. The third-order valence-electron chi connectivity index (χ3n) is 2.96. The molecule has 1 N–H and O–H groups in total. The molecule has 108 valence electrons. The summed E-state index contributed by atoms with van der Waals surface area (Å²) in [6.45, 7) is 12.9. The van der Waals surface area contributed by atoms with E-state index in [1.165, 1.54) is 5.56 Å². The van der Waals surface area contributed by atoms with Crippen LogP contribution in [0.5, 0.6) is 5.75 Å². The number of hydrogen-bond donors (Lipinski definition) is 1. The molecule has 0 saturated carbocycles. The van der Waals surface area contributed by atoms with Crippen molar-refractivity contribution < 1.29 is 4.74 Å². The fourth-order valence-electron chi connectivity index (χ4n) is 1.90. The third-order valence-corrected chi connectivity index (χ3v) is 2.96. The molecule has 0 fully saturated rings. The number of benzene rings is 1. The fourth-order valence-corrected chi connectivity index (χ4v) is 1.90. The molecule has 0 bridgehead atoms. The van der Waals surface area contributed by atoms with E-state index in [1.807, 2.05) is 0 Å². The molecule has 0 heterocycles. The van der Waals surface area contributed by atoms with Gasteiger partial charge in [-0.15, -0.1) is 0 Å². The minimum atomic E-state index is 0.201. The van der Waals surface area contributed by atoms with E-state index in [-0.39, 0.29) is 5.54 Å². The van der Waals surface area contributed by atoms with Crippen molar-refractivity contribution in [1.29, 1.82) is 0 Å². The lowest BCUT2D eigenvalue weighted by atomic mass is 9.99. The Bertz CT molecular complexity index is 351. The van der Waals surface area contributed by atoms with Gasteiger partial charge in [-0.1, -0.05) is 26.0 Å². The minimum Gasteiger partial charge on any atom is -0.494 e. The molecule has 0 aliphatic rings. The molecule has 2 nitrogen and oxygen atoms in total. The summed E-state index contributed by atoms with van der Waals surface area (Å²) in [5, 5.41) is 3.56. The van der Waals surface area contributed by atoms with Crippen LogP contribution in [0.4, 0.5) is 0 Å². The van der Waals surface area contributed by atoms with Crippen molar-refractivity contribution in [2.45, 2.75) is 53.0 Å². The van der Waals surface area contributed by atoms with Gasteiger partial charge in [-0.3, -0.25) is 0 Å². The van der Waals surface area contributed by atoms with E-state index in [2.05, 4.69) is 64.2 Å². The van der Waals surface area contributed by atoms with E-state index < -0.39 is 0 Å². The Labute approximate surface area is 118 Å². The number of rotatable bonds is 7. The number of nitrogens with one attached hydrogen (secondary N) is 1. The molecule has 0 aliphatic heterocycles. The summed E-state index contributed by atoms with van der Waals surface area (Å²) in [5.74, 6) is 1.62. The highest BCUT2D eigenvalue weighted by molar-refractivity contribution is 5.27. The van der Waals surface area contributed by atoms with Crippen LogP contribution < -0.4 is 10.1 Å². The molecule has 0 aliphatic carbocycles. The van der Waals surface area contributed by atoms with Gasteiger partial charge in [-0.05, 0) is 63.8 Å². The zero-order valence-electron chi connectivity index (χ0n) is 13.1. The van der Waals surface area contributed by atoms with Crippen molar-refractivity contribution in [3.8, 4) is 5.75 Å². The third kappa shape index (κ3) is 7.22. The van der Waals surface area contributed by atoms with Crippen molar-refractivity contribution >= 4 is 0 Å². The predicted molar refractivity (Wildman–Crippen MR) is 82.9 cm³/mol. The lowest BCUT2D eigenvalue weighted by Gasteiger charge is -2.23. The summed E-state index contributed by atoms with van der Waals surface area (Å²) in [6.07, 6.45) is 2.16. The Morgan fingerprint density at radius 2 is 1.79 bits per heavy atom. The normalized spacial score (nSPS) is 13.3. The first kappa shape index (κ1) is 16.0. The van der Waals surface area contributed by atoms with E-state index in [0.717, 1.165) is 31.7 Å². The summed E-state index contributed by atoms with van der Waals surface area (Å²) in [5.41, 5.74) is 1.58. The maximum Gasteiger partial charge on any atom is 0.119 e. The highest BCUT2D eigenvalue weighted by Gasteiger charge is 2.11. The lowest BCUT2D eigenvalue weighted by molar-refractivity contribution is 0.317. The van der Waals surface area contributed by atoms with E-state index >= 15 is 0 Å². The van der Waals surface area contributed by atoms with Gasteiger partial charge in [0.1, 0.15) is 5.75 Å². The second-order valence-corrected chi connectivity index (χ2v) is 6.43. The lowest BCUT2D eigenvalue weighted by Crippen LogP contribution is -2.38. The zero-order valence-corrected chi connectivity index (χ0v) is 13.1. The van der Waals surface area contributed by atoms with Crippen molar-refractivity contribution in [3.05, 3.63) is 29.8 Å². The highest BCUT2D eigenvalue weighted by Crippen LogP contribution is 2.15. The minimum absolute atomic E-state index is 0.201. The molecule has 0 radical (unpaired) electrons. The quantitative estimate of drug-likeness (QED) is 0.801.